The van der Waals surface area contributed by atoms with Crippen molar-refractivity contribution in [3.63, 3.8) is 0 Å². The molecule has 1 fully saturated rings. The minimum atomic E-state index is -0.197. The second-order valence-corrected chi connectivity index (χ2v) is 8.19. The number of oxazole rings is 1. The fourth-order valence-electron chi connectivity index (χ4n) is 3.64. The van der Waals surface area contributed by atoms with E-state index >= 15 is 0 Å². The number of carbonyl (C=O) groups excluding carboxylic acids is 1. The largest absolute Gasteiger partial charge is 0.443 e. The highest BCUT2D eigenvalue weighted by Gasteiger charge is 2.33. The van der Waals surface area contributed by atoms with Crippen molar-refractivity contribution in [2.24, 2.45) is 0 Å². The average molecular weight is 414 g/mol. The van der Waals surface area contributed by atoms with Gasteiger partial charge in [-0.15, -0.1) is 0 Å². The number of hydrogen-bond acceptors (Lipinski definition) is 5. The summed E-state index contributed by atoms with van der Waals surface area (Å²) in [7, 11) is 0. The lowest BCUT2D eigenvalue weighted by Crippen LogP contribution is -2.38. The van der Waals surface area contributed by atoms with Gasteiger partial charge in [0, 0.05) is 24.1 Å². The molecule has 0 radical (unpaired) electrons. The summed E-state index contributed by atoms with van der Waals surface area (Å²) in [6.07, 6.45) is 5.12. The van der Waals surface area contributed by atoms with Crippen LogP contribution in [0.3, 0.4) is 0 Å². The summed E-state index contributed by atoms with van der Waals surface area (Å²) in [6, 6.07) is 9.21. The lowest BCUT2D eigenvalue weighted by molar-refractivity contribution is 0.0528. The molecule has 3 heterocycles. The van der Waals surface area contributed by atoms with Gasteiger partial charge in [0.25, 0.3) is 5.91 Å². The van der Waals surface area contributed by atoms with Crippen LogP contribution in [0.15, 0.2) is 45.5 Å². The van der Waals surface area contributed by atoms with E-state index in [4.69, 9.17) is 20.5 Å². The Morgan fingerprint density at radius 3 is 2.93 bits per heavy atom. The molecule has 152 valence electrons. The molecule has 1 aromatic carbocycles. The standard InChI is InChI=1S/C22H24ClN3O3/c1-14(2)18-12-20(29-25-18)22(27)26-9-4-3-8-19(26)21-24-13-17(28-21)11-15-6-5-7-16(23)10-15/h5-7,10,12-14,19H,3-4,8-9,11H2,1-2H3. The monoisotopic (exact) mass is 413 g/mol. The molecular formula is C22H24ClN3O3. The first-order chi connectivity index (χ1) is 14.0. The Morgan fingerprint density at radius 2 is 2.17 bits per heavy atom. The molecule has 0 N–H and O–H groups in total. The molecule has 3 aromatic rings. The number of piperidine rings is 1. The van der Waals surface area contributed by atoms with Crippen molar-refractivity contribution < 1.29 is 13.7 Å². The summed E-state index contributed by atoms with van der Waals surface area (Å²) in [4.78, 5) is 19.3. The average Bonchev–Trinajstić information content (AvgIpc) is 3.37. The molecule has 0 aliphatic carbocycles. The number of carbonyl (C=O) groups is 1. The van der Waals surface area contributed by atoms with Gasteiger partial charge in [0.1, 0.15) is 11.8 Å². The fraction of sp³-hybridized carbons (Fsp3) is 0.409. The number of amides is 1. The predicted octanol–water partition coefficient (Wildman–Crippen LogP) is 5.40. The zero-order chi connectivity index (χ0) is 20.4. The van der Waals surface area contributed by atoms with Gasteiger partial charge in [-0.05, 0) is 42.9 Å². The highest BCUT2D eigenvalue weighted by Crippen LogP contribution is 2.32. The summed E-state index contributed by atoms with van der Waals surface area (Å²) in [5.74, 6) is 1.63. The van der Waals surface area contributed by atoms with Gasteiger partial charge in [-0.25, -0.2) is 4.98 Å². The van der Waals surface area contributed by atoms with Gasteiger partial charge in [0.15, 0.2) is 0 Å². The molecule has 1 atom stereocenters. The molecule has 6 nitrogen and oxygen atoms in total. The van der Waals surface area contributed by atoms with E-state index in [0.717, 1.165) is 36.3 Å². The van der Waals surface area contributed by atoms with E-state index in [1.807, 2.05) is 38.1 Å². The number of likely N-dealkylation sites (tertiary alicyclic amines) is 1. The van der Waals surface area contributed by atoms with Crippen molar-refractivity contribution in [3.05, 3.63) is 70.2 Å². The third kappa shape index (κ3) is 4.37. The summed E-state index contributed by atoms with van der Waals surface area (Å²) < 4.78 is 11.3. The molecule has 0 saturated carbocycles. The maximum absolute atomic E-state index is 13.1. The SMILES string of the molecule is CC(C)c1cc(C(=O)N2CCCCC2c2ncc(Cc3cccc(Cl)c3)o2)on1. The van der Waals surface area contributed by atoms with Crippen LogP contribution in [-0.2, 0) is 6.42 Å². The topological polar surface area (TPSA) is 72.4 Å². The highest BCUT2D eigenvalue weighted by molar-refractivity contribution is 6.30. The van der Waals surface area contributed by atoms with Gasteiger partial charge in [-0.3, -0.25) is 4.79 Å². The van der Waals surface area contributed by atoms with Gasteiger partial charge in [-0.1, -0.05) is 42.7 Å². The highest BCUT2D eigenvalue weighted by atomic mass is 35.5. The summed E-state index contributed by atoms with van der Waals surface area (Å²) in [5.41, 5.74) is 1.83. The van der Waals surface area contributed by atoms with E-state index in [-0.39, 0.29) is 23.6 Å². The first-order valence-electron chi connectivity index (χ1n) is 9.98. The molecule has 1 amide bonds. The number of nitrogens with zero attached hydrogens (tertiary/aromatic N) is 3. The van der Waals surface area contributed by atoms with Gasteiger partial charge < -0.3 is 13.8 Å². The molecule has 29 heavy (non-hydrogen) atoms. The number of rotatable bonds is 5. The Labute approximate surface area is 174 Å². The molecule has 1 aliphatic heterocycles. The Bertz CT molecular complexity index is 995. The third-order valence-electron chi connectivity index (χ3n) is 5.22. The van der Waals surface area contributed by atoms with Crippen LogP contribution in [0.4, 0.5) is 0 Å². The number of benzene rings is 1. The normalized spacial score (nSPS) is 17.1. The number of halogens is 1. The molecule has 0 bridgehead atoms. The van der Waals surface area contributed by atoms with Crippen LogP contribution in [0.1, 0.15) is 78.5 Å². The summed E-state index contributed by atoms with van der Waals surface area (Å²) in [6.45, 7) is 4.68. The van der Waals surface area contributed by atoms with Crippen molar-refractivity contribution in [1.82, 2.24) is 15.0 Å². The van der Waals surface area contributed by atoms with Crippen molar-refractivity contribution >= 4 is 17.5 Å². The summed E-state index contributed by atoms with van der Waals surface area (Å²) >= 11 is 6.07. The van der Waals surface area contributed by atoms with E-state index in [1.165, 1.54) is 0 Å². The molecule has 1 unspecified atom stereocenters. The van der Waals surface area contributed by atoms with Crippen LogP contribution in [-0.4, -0.2) is 27.5 Å². The van der Waals surface area contributed by atoms with Crippen molar-refractivity contribution in [3.8, 4) is 0 Å². The molecule has 0 spiro atoms. The quantitative estimate of drug-likeness (QED) is 0.560. The van der Waals surface area contributed by atoms with Crippen LogP contribution < -0.4 is 0 Å². The molecule has 1 saturated heterocycles. The smallest absolute Gasteiger partial charge is 0.293 e. The first kappa shape index (κ1) is 19.7. The van der Waals surface area contributed by atoms with Crippen molar-refractivity contribution in [2.45, 2.75) is 51.5 Å². The van der Waals surface area contributed by atoms with Crippen LogP contribution >= 0.6 is 11.6 Å². The second kappa shape index (κ2) is 8.41. The Kier molecular flexibility index (Phi) is 5.72. The molecule has 4 rings (SSSR count). The van der Waals surface area contributed by atoms with Crippen molar-refractivity contribution in [2.75, 3.05) is 6.54 Å². The van der Waals surface area contributed by atoms with Crippen LogP contribution in [0.2, 0.25) is 5.02 Å². The van der Waals surface area contributed by atoms with Gasteiger partial charge in [0.2, 0.25) is 11.7 Å². The number of hydrogen-bond donors (Lipinski definition) is 0. The maximum Gasteiger partial charge on any atom is 0.293 e. The van der Waals surface area contributed by atoms with E-state index in [1.54, 1.807) is 17.2 Å². The van der Waals surface area contributed by atoms with Gasteiger partial charge in [0.05, 0.1) is 11.9 Å². The fourth-order valence-corrected chi connectivity index (χ4v) is 3.85. The Balaban J connectivity index is 1.53. The van der Waals surface area contributed by atoms with Crippen LogP contribution in [0.25, 0.3) is 0 Å². The molecule has 1 aliphatic rings. The molecule has 7 heteroatoms. The second-order valence-electron chi connectivity index (χ2n) is 7.75. The zero-order valence-electron chi connectivity index (χ0n) is 16.6. The summed E-state index contributed by atoms with van der Waals surface area (Å²) in [5, 5.41) is 4.71. The van der Waals surface area contributed by atoms with E-state index < -0.39 is 0 Å². The molecular weight excluding hydrogens is 390 g/mol. The maximum atomic E-state index is 13.1. The van der Waals surface area contributed by atoms with Crippen LogP contribution in [0, 0.1) is 0 Å². The van der Waals surface area contributed by atoms with E-state index in [2.05, 4.69) is 10.1 Å². The van der Waals surface area contributed by atoms with Gasteiger partial charge in [-0.2, -0.15) is 0 Å². The lowest BCUT2D eigenvalue weighted by Gasteiger charge is -2.32. The Morgan fingerprint density at radius 1 is 1.31 bits per heavy atom. The number of aromatic nitrogens is 2. The zero-order valence-corrected chi connectivity index (χ0v) is 17.4. The first-order valence-corrected chi connectivity index (χ1v) is 10.4. The minimum Gasteiger partial charge on any atom is -0.443 e. The predicted molar refractivity (Wildman–Crippen MR) is 109 cm³/mol. The van der Waals surface area contributed by atoms with Crippen molar-refractivity contribution in [1.29, 1.82) is 0 Å². The minimum absolute atomic E-state index is 0.163. The third-order valence-corrected chi connectivity index (χ3v) is 5.45. The van der Waals surface area contributed by atoms with Gasteiger partial charge >= 0.3 is 0 Å². The van der Waals surface area contributed by atoms with E-state index in [9.17, 15) is 4.79 Å². The Hall–Kier alpha value is -2.60. The van der Waals surface area contributed by atoms with Crippen LogP contribution in [0.5, 0.6) is 0 Å². The lowest BCUT2D eigenvalue weighted by atomic mass is 10.0. The molecule has 2 aromatic heterocycles. The van der Waals surface area contributed by atoms with E-state index in [0.29, 0.717) is 23.9 Å².